The van der Waals surface area contributed by atoms with Crippen LogP contribution in [0.15, 0.2) is 0 Å². The molecule has 1 saturated heterocycles. The molecule has 0 aliphatic carbocycles. The van der Waals surface area contributed by atoms with E-state index in [1.54, 1.807) is 18.9 Å². The Labute approximate surface area is 115 Å². The molecule has 0 radical (unpaired) electrons. The molecule has 5 nitrogen and oxygen atoms in total. The number of hydrogen-bond acceptors (Lipinski definition) is 4. The predicted molar refractivity (Wildman–Crippen MR) is 73.8 cm³/mol. The van der Waals surface area contributed by atoms with E-state index < -0.39 is 11.6 Å². The van der Waals surface area contributed by atoms with Crippen molar-refractivity contribution >= 4 is 11.9 Å². The first-order chi connectivity index (χ1) is 8.70. The van der Waals surface area contributed by atoms with Crippen LogP contribution in [-0.2, 0) is 14.3 Å². The first-order valence-electron chi connectivity index (χ1n) is 6.91. The molecule has 1 atom stereocenters. The lowest BCUT2D eigenvalue weighted by Crippen LogP contribution is -2.45. The maximum atomic E-state index is 12.0. The van der Waals surface area contributed by atoms with E-state index >= 15 is 0 Å². The summed E-state index contributed by atoms with van der Waals surface area (Å²) in [5, 5.41) is 0. The molecule has 1 amide bonds. The Morgan fingerprint density at radius 2 is 1.79 bits per heavy atom. The van der Waals surface area contributed by atoms with Crippen molar-refractivity contribution < 1.29 is 14.3 Å². The summed E-state index contributed by atoms with van der Waals surface area (Å²) < 4.78 is 5.32. The predicted octanol–water partition coefficient (Wildman–Crippen LogP) is 1.27. The number of carbonyl (C=O) groups is 2. The van der Waals surface area contributed by atoms with E-state index in [1.807, 2.05) is 25.7 Å². The van der Waals surface area contributed by atoms with Crippen molar-refractivity contribution in [2.75, 3.05) is 26.7 Å². The molecule has 110 valence electrons. The number of hydrogen-bond donors (Lipinski definition) is 0. The summed E-state index contributed by atoms with van der Waals surface area (Å²) in [4.78, 5) is 27.5. The van der Waals surface area contributed by atoms with Gasteiger partial charge in [-0.3, -0.25) is 14.5 Å². The maximum absolute atomic E-state index is 12.0. The highest BCUT2D eigenvalue weighted by Gasteiger charge is 2.27. The maximum Gasteiger partial charge on any atom is 0.323 e. The number of carbonyl (C=O) groups excluding carboxylic acids is 2. The number of amides is 1. The topological polar surface area (TPSA) is 49.9 Å². The van der Waals surface area contributed by atoms with Crippen LogP contribution in [-0.4, -0.2) is 60.0 Å². The van der Waals surface area contributed by atoms with Gasteiger partial charge < -0.3 is 9.64 Å². The average Bonchev–Trinajstić information content (AvgIpc) is 2.78. The van der Waals surface area contributed by atoms with E-state index in [1.165, 1.54) is 0 Å². The number of ether oxygens (including phenoxy) is 1. The second kappa shape index (κ2) is 6.37. The molecule has 1 rings (SSSR count). The Bertz CT molecular complexity index is 330. The lowest BCUT2D eigenvalue weighted by Gasteiger charge is -2.28. The largest absolute Gasteiger partial charge is 0.459 e. The fourth-order valence-electron chi connectivity index (χ4n) is 1.98. The lowest BCUT2D eigenvalue weighted by molar-refractivity contribution is -0.160. The number of nitrogens with zero attached hydrogens (tertiary/aromatic N) is 2. The summed E-state index contributed by atoms with van der Waals surface area (Å²) in [6.45, 7) is 9.24. The minimum absolute atomic E-state index is 0.0930. The van der Waals surface area contributed by atoms with Crippen LogP contribution in [0.5, 0.6) is 0 Å². The fourth-order valence-corrected chi connectivity index (χ4v) is 1.98. The van der Waals surface area contributed by atoms with Crippen molar-refractivity contribution in [2.45, 2.75) is 52.2 Å². The van der Waals surface area contributed by atoms with Crippen LogP contribution in [0.1, 0.15) is 40.5 Å². The van der Waals surface area contributed by atoms with Crippen molar-refractivity contribution in [2.24, 2.45) is 0 Å². The van der Waals surface area contributed by atoms with Crippen LogP contribution >= 0.6 is 0 Å². The molecule has 0 bridgehead atoms. The molecule has 0 aromatic carbocycles. The summed E-state index contributed by atoms with van der Waals surface area (Å²) in [6.07, 6.45) is 2.16. The quantitative estimate of drug-likeness (QED) is 0.722. The number of likely N-dealkylation sites (N-methyl/N-ethyl adjacent to an activating group) is 1. The van der Waals surface area contributed by atoms with Crippen molar-refractivity contribution in [3.63, 3.8) is 0 Å². The van der Waals surface area contributed by atoms with Crippen LogP contribution in [0.3, 0.4) is 0 Å². The van der Waals surface area contributed by atoms with Gasteiger partial charge in [0, 0.05) is 13.1 Å². The Hall–Kier alpha value is -1.10. The molecule has 1 heterocycles. The van der Waals surface area contributed by atoms with Gasteiger partial charge in [-0.15, -0.1) is 0 Å². The third-order valence-corrected chi connectivity index (χ3v) is 3.25. The molecule has 1 aliphatic heterocycles. The zero-order valence-electron chi connectivity index (χ0n) is 12.7. The Morgan fingerprint density at radius 1 is 1.26 bits per heavy atom. The molecule has 0 aromatic rings. The van der Waals surface area contributed by atoms with Gasteiger partial charge in [-0.25, -0.2) is 0 Å². The van der Waals surface area contributed by atoms with Gasteiger partial charge >= 0.3 is 5.97 Å². The summed E-state index contributed by atoms with van der Waals surface area (Å²) in [5.74, 6) is -0.195. The standard InChI is InChI=1S/C14H26N2O3/c1-11(13(18)19-14(2,3)4)15(5)10-12(17)16-8-6-7-9-16/h11H,6-10H2,1-5H3. The Balaban J connectivity index is 2.45. The van der Waals surface area contributed by atoms with Gasteiger partial charge in [0.2, 0.25) is 5.91 Å². The molecule has 5 heteroatoms. The molecule has 1 unspecified atom stereocenters. The summed E-state index contributed by atoms with van der Waals surface area (Å²) >= 11 is 0. The van der Waals surface area contributed by atoms with E-state index in [2.05, 4.69) is 0 Å². The van der Waals surface area contributed by atoms with E-state index in [4.69, 9.17) is 4.74 Å². The van der Waals surface area contributed by atoms with E-state index in [0.717, 1.165) is 25.9 Å². The number of esters is 1. The number of rotatable bonds is 4. The van der Waals surface area contributed by atoms with Crippen LogP contribution in [0.4, 0.5) is 0 Å². The molecule has 0 N–H and O–H groups in total. The van der Waals surface area contributed by atoms with Crippen molar-refractivity contribution in [1.29, 1.82) is 0 Å². The molecule has 0 aromatic heterocycles. The molecule has 0 spiro atoms. The van der Waals surface area contributed by atoms with Crippen LogP contribution in [0.2, 0.25) is 0 Å². The zero-order valence-corrected chi connectivity index (χ0v) is 12.7. The van der Waals surface area contributed by atoms with Gasteiger partial charge in [0.05, 0.1) is 6.54 Å². The zero-order chi connectivity index (χ0) is 14.6. The SMILES string of the molecule is CC(C(=O)OC(C)(C)C)N(C)CC(=O)N1CCCC1. The second-order valence-electron chi connectivity index (χ2n) is 6.21. The van der Waals surface area contributed by atoms with Crippen molar-refractivity contribution in [3.8, 4) is 0 Å². The van der Waals surface area contributed by atoms with E-state index in [-0.39, 0.29) is 18.4 Å². The molecular formula is C14H26N2O3. The summed E-state index contributed by atoms with van der Waals surface area (Å²) in [7, 11) is 1.78. The number of likely N-dealkylation sites (tertiary alicyclic amines) is 1. The highest BCUT2D eigenvalue weighted by molar-refractivity contribution is 5.80. The minimum Gasteiger partial charge on any atom is -0.459 e. The first kappa shape index (κ1) is 16.0. The van der Waals surface area contributed by atoms with Crippen molar-refractivity contribution in [3.05, 3.63) is 0 Å². The van der Waals surface area contributed by atoms with E-state index in [9.17, 15) is 9.59 Å². The van der Waals surface area contributed by atoms with Gasteiger partial charge in [0.15, 0.2) is 0 Å². The molecule has 0 saturated carbocycles. The smallest absolute Gasteiger partial charge is 0.323 e. The summed E-state index contributed by atoms with van der Waals surface area (Å²) in [6, 6.07) is -0.411. The van der Waals surface area contributed by atoms with E-state index in [0.29, 0.717) is 0 Å². The van der Waals surface area contributed by atoms with Crippen molar-refractivity contribution in [1.82, 2.24) is 9.80 Å². The first-order valence-corrected chi connectivity index (χ1v) is 6.91. The highest BCUT2D eigenvalue weighted by Crippen LogP contribution is 2.12. The van der Waals surface area contributed by atoms with Crippen LogP contribution in [0.25, 0.3) is 0 Å². The minimum atomic E-state index is -0.495. The van der Waals surface area contributed by atoms with Crippen LogP contribution < -0.4 is 0 Å². The van der Waals surface area contributed by atoms with Gasteiger partial charge in [0.1, 0.15) is 11.6 Å². The average molecular weight is 270 g/mol. The second-order valence-corrected chi connectivity index (χ2v) is 6.21. The Kier molecular flexibility index (Phi) is 5.35. The molecule has 1 fully saturated rings. The van der Waals surface area contributed by atoms with Gasteiger partial charge in [0.25, 0.3) is 0 Å². The highest BCUT2D eigenvalue weighted by atomic mass is 16.6. The van der Waals surface area contributed by atoms with Crippen LogP contribution in [0, 0.1) is 0 Å². The lowest BCUT2D eigenvalue weighted by atomic mass is 10.2. The molecular weight excluding hydrogens is 244 g/mol. The normalized spacial score (nSPS) is 17.7. The fraction of sp³-hybridized carbons (Fsp3) is 0.857. The summed E-state index contributed by atoms with van der Waals surface area (Å²) in [5.41, 5.74) is -0.495. The molecule has 19 heavy (non-hydrogen) atoms. The molecule has 1 aliphatic rings. The van der Waals surface area contributed by atoms with Gasteiger partial charge in [-0.1, -0.05) is 0 Å². The monoisotopic (exact) mass is 270 g/mol. The van der Waals surface area contributed by atoms with Gasteiger partial charge in [-0.05, 0) is 47.6 Å². The van der Waals surface area contributed by atoms with Gasteiger partial charge in [-0.2, -0.15) is 0 Å². The third kappa shape index (κ3) is 5.19. The Morgan fingerprint density at radius 3 is 2.26 bits per heavy atom. The third-order valence-electron chi connectivity index (χ3n) is 3.25.